The Morgan fingerprint density at radius 3 is 2.43 bits per heavy atom. The van der Waals surface area contributed by atoms with Gasteiger partial charge in [-0.25, -0.2) is 0 Å². The van der Waals surface area contributed by atoms with Crippen LogP contribution in [0.3, 0.4) is 0 Å². The molecule has 0 amide bonds. The van der Waals surface area contributed by atoms with Gasteiger partial charge >= 0.3 is 0 Å². The predicted molar refractivity (Wildman–Crippen MR) is 98.8 cm³/mol. The first kappa shape index (κ1) is 14.8. The van der Waals surface area contributed by atoms with E-state index in [4.69, 9.17) is 34.8 Å². The second-order valence-electron chi connectivity index (χ2n) is 5.44. The highest BCUT2D eigenvalue weighted by Crippen LogP contribution is 2.39. The summed E-state index contributed by atoms with van der Waals surface area (Å²) in [5.41, 5.74) is 4.79. The van der Waals surface area contributed by atoms with Gasteiger partial charge < -0.3 is 4.98 Å². The van der Waals surface area contributed by atoms with Crippen molar-refractivity contribution >= 4 is 56.6 Å². The van der Waals surface area contributed by atoms with Crippen molar-refractivity contribution < 1.29 is 0 Å². The summed E-state index contributed by atoms with van der Waals surface area (Å²) in [7, 11) is 0. The molecule has 2 nitrogen and oxygen atoms in total. The molecular weight excluding hydrogens is 351 g/mol. The lowest BCUT2D eigenvalue weighted by Gasteiger charge is -2.08. The lowest BCUT2D eigenvalue weighted by molar-refractivity contribution is 1.22. The Kier molecular flexibility index (Phi) is 3.49. The first-order valence-corrected chi connectivity index (χ1v) is 8.20. The molecule has 0 spiro atoms. The number of aryl methyl sites for hydroxylation is 1. The molecule has 0 aliphatic rings. The molecule has 2 heterocycles. The number of hydrogen-bond acceptors (Lipinski definition) is 1. The molecule has 23 heavy (non-hydrogen) atoms. The van der Waals surface area contributed by atoms with Crippen LogP contribution in [-0.2, 0) is 0 Å². The first-order chi connectivity index (χ1) is 11.0. The van der Waals surface area contributed by atoms with Crippen molar-refractivity contribution in [2.24, 2.45) is 0 Å². The Hall–Kier alpha value is -1.74. The minimum atomic E-state index is 0.592. The number of benzene rings is 2. The molecule has 0 saturated heterocycles. The minimum Gasteiger partial charge on any atom is -0.353 e. The van der Waals surface area contributed by atoms with Crippen LogP contribution in [-0.4, -0.2) is 9.97 Å². The first-order valence-electron chi connectivity index (χ1n) is 7.06. The SMILES string of the molecule is Cc1nccc2c1[nH]c1c(-c3ccc(Cl)cc3Cl)cc(Cl)cc12. The number of halogens is 3. The highest BCUT2D eigenvalue weighted by atomic mass is 35.5. The fourth-order valence-corrected chi connectivity index (χ4v) is 3.68. The summed E-state index contributed by atoms with van der Waals surface area (Å²) in [6.07, 6.45) is 1.81. The Morgan fingerprint density at radius 2 is 1.65 bits per heavy atom. The van der Waals surface area contributed by atoms with Crippen LogP contribution >= 0.6 is 34.8 Å². The molecule has 0 unspecified atom stereocenters. The summed E-state index contributed by atoms with van der Waals surface area (Å²) in [6.45, 7) is 1.98. The number of aromatic nitrogens is 2. The molecule has 0 atom stereocenters. The molecule has 2 aromatic heterocycles. The molecule has 0 aliphatic heterocycles. The third-order valence-corrected chi connectivity index (χ3v) is 4.77. The fraction of sp³-hybridized carbons (Fsp3) is 0.0556. The van der Waals surface area contributed by atoms with Gasteiger partial charge in [0.25, 0.3) is 0 Å². The molecule has 2 aromatic carbocycles. The smallest absolute Gasteiger partial charge is 0.0681 e. The summed E-state index contributed by atoms with van der Waals surface area (Å²) in [5, 5.41) is 4.01. The van der Waals surface area contributed by atoms with E-state index in [0.29, 0.717) is 15.1 Å². The topological polar surface area (TPSA) is 28.7 Å². The minimum absolute atomic E-state index is 0.592. The van der Waals surface area contributed by atoms with Gasteiger partial charge in [-0.3, -0.25) is 4.98 Å². The van der Waals surface area contributed by atoms with Crippen LogP contribution in [0.25, 0.3) is 32.9 Å². The number of nitrogens with one attached hydrogen (secondary N) is 1. The van der Waals surface area contributed by atoms with Crippen LogP contribution in [0.4, 0.5) is 0 Å². The average molecular weight is 362 g/mol. The monoisotopic (exact) mass is 360 g/mol. The summed E-state index contributed by atoms with van der Waals surface area (Å²) in [6, 6.07) is 11.3. The largest absolute Gasteiger partial charge is 0.353 e. The van der Waals surface area contributed by atoms with E-state index >= 15 is 0 Å². The number of hydrogen-bond donors (Lipinski definition) is 1. The van der Waals surface area contributed by atoms with Crippen LogP contribution in [0, 0.1) is 6.92 Å². The normalized spacial score (nSPS) is 11.5. The maximum absolute atomic E-state index is 6.39. The fourth-order valence-electron chi connectivity index (χ4n) is 2.95. The number of fused-ring (bicyclic) bond motifs is 3. The van der Waals surface area contributed by atoms with Gasteiger partial charge in [-0.1, -0.05) is 40.9 Å². The van der Waals surface area contributed by atoms with E-state index in [1.165, 1.54) is 0 Å². The second kappa shape index (κ2) is 5.41. The van der Waals surface area contributed by atoms with Gasteiger partial charge in [0.05, 0.1) is 16.7 Å². The quantitative estimate of drug-likeness (QED) is 0.404. The molecule has 4 aromatic rings. The highest BCUT2D eigenvalue weighted by Gasteiger charge is 2.14. The Bertz CT molecular complexity index is 1070. The molecule has 1 N–H and O–H groups in total. The van der Waals surface area contributed by atoms with E-state index in [1.54, 1.807) is 12.3 Å². The van der Waals surface area contributed by atoms with Crippen LogP contribution < -0.4 is 0 Å². The van der Waals surface area contributed by atoms with Gasteiger partial charge in [0.1, 0.15) is 0 Å². The molecular formula is C18H11Cl3N2. The third kappa shape index (κ3) is 2.38. The number of nitrogens with zero attached hydrogens (tertiary/aromatic N) is 1. The van der Waals surface area contributed by atoms with Crippen LogP contribution in [0.1, 0.15) is 5.69 Å². The van der Waals surface area contributed by atoms with Crippen molar-refractivity contribution in [3.05, 3.63) is 63.4 Å². The summed E-state index contributed by atoms with van der Waals surface area (Å²) in [5.74, 6) is 0. The van der Waals surface area contributed by atoms with Gasteiger partial charge in [0.2, 0.25) is 0 Å². The van der Waals surface area contributed by atoms with Crippen molar-refractivity contribution in [3.8, 4) is 11.1 Å². The van der Waals surface area contributed by atoms with Gasteiger partial charge in [-0.05, 0) is 37.3 Å². The zero-order chi connectivity index (χ0) is 16.1. The Morgan fingerprint density at radius 1 is 0.826 bits per heavy atom. The molecule has 4 rings (SSSR count). The van der Waals surface area contributed by atoms with E-state index in [-0.39, 0.29) is 0 Å². The van der Waals surface area contributed by atoms with Crippen LogP contribution in [0.2, 0.25) is 15.1 Å². The number of aromatic amines is 1. The lowest BCUT2D eigenvalue weighted by atomic mass is 10.0. The Labute approximate surface area is 148 Å². The molecule has 5 heteroatoms. The van der Waals surface area contributed by atoms with E-state index in [9.17, 15) is 0 Å². The maximum Gasteiger partial charge on any atom is 0.0681 e. The van der Waals surface area contributed by atoms with E-state index in [0.717, 1.165) is 38.6 Å². The summed E-state index contributed by atoms with van der Waals surface area (Å²) < 4.78 is 0. The van der Waals surface area contributed by atoms with Crippen molar-refractivity contribution in [1.29, 1.82) is 0 Å². The van der Waals surface area contributed by atoms with E-state index in [1.807, 2.05) is 37.3 Å². The molecule has 0 radical (unpaired) electrons. The van der Waals surface area contributed by atoms with E-state index in [2.05, 4.69) is 9.97 Å². The van der Waals surface area contributed by atoms with E-state index < -0.39 is 0 Å². The van der Waals surface area contributed by atoms with Crippen LogP contribution in [0.5, 0.6) is 0 Å². The van der Waals surface area contributed by atoms with Gasteiger partial charge in [0, 0.05) is 43.2 Å². The number of H-pyrrole nitrogens is 1. The van der Waals surface area contributed by atoms with Gasteiger partial charge in [-0.15, -0.1) is 0 Å². The van der Waals surface area contributed by atoms with Crippen molar-refractivity contribution in [3.63, 3.8) is 0 Å². The molecule has 0 fully saturated rings. The maximum atomic E-state index is 6.39. The van der Waals surface area contributed by atoms with Crippen molar-refractivity contribution in [2.45, 2.75) is 6.92 Å². The molecule has 0 bridgehead atoms. The standard InChI is InChI=1S/C18H11Cl3N2/c1-9-17-13(4-5-22-9)15-7-11(20)6-14(18(15)23-17)12-3-2-10(19)8-16(12)21/h2-8,23H,1H3. The summed E-state index contributed by atoms with van der Waals surface area (Å²) >= 11 is 18.8. The molecule has 114 valence electrons. The zero-order valence-electron chi connectivity index (χ0n) is 12.1. The van der Waals surface area contributed by atoms with Crippen molar-refractivity contribution in [2.75, 3.05) is 0 Å². The Balaban J connectivity index is 2.14. The molecule has 0 saturated carbocycles. The van der Waals surface area contributed by atoms with Gasteiger partial charge in [-0.2, -0.15) is 0 Å². The van der Waals surface area contributed by atoms with Crippen LogP contribution in [0.15, 0.2) is 42.6 Å². The third-order valence-electron chi connectivity index (χ3n) is 4.01. The zero-order valence-corrected chi connectivity index (χ0v) is 14.4. The van der Waals surface area contributed by atoms with Crippen molar-refractivity contribution in [1.82, 2.24) is 9.97 Å². The second-order valence-corrected chi connectivity index (χ2v) is 6.72. The molecule has 0 aliphatic carbocycles. The predicted octanol–water partition coefficient (Wildman–Crippen LogP) is 6.65. The average Bonchev–Trinajstić information content (AvgIpc) is 2.87. The lowest BCUT2D eigenvalue weighted by Crippen LogP contribution is -1.83. The number of pyridine rings is 1. The van der Waals surface area contributed by atoms with Gasteiger partial charge in [0.15, 0.2) is 0 Å². The highest BCUT2D eigenvalue weighted by molar-refractivity contribution is 6.37. The number of rotatable bonds is 1. The summed E-state index contributed by atoms with van der Waals surface area (Å²) in [4.78, 5) is 7.82.